The minimum atomic E-state index is -0.581. The number of nitrogens with zero attached hydrogens (tertiary/aromatic N) is 3. The quantitative estimate of drug-likeness (QED) is 0.614. The fourth-order valence-corrected chi connectivity index (χ4v) is 4.24. The molecule has 0 bridgehead atoms. The van der Waals surface area contributed by atoms with Crippen LogP contribution in [0.2, 0.25) is 0 Å². The van der Waals surface area contributed by atoms with Crippen LogP contribution in [0.3, 0.4) is 0 Å². The van der Waals surface area contributed by atoms with E-state index in [9.17, 15) is 14.3 Å². The second-order valence-corrected chi connectivity index (χ2v) is 8.34. The summed E-state index contributed by atoms with van der Waals surface area (Å²) >= 11 is 0. The summed E-state index contributed by atoms with van der Waals surface area (Å²) in [6.45, 7) is 6.50. The summed E-state index contributed by atoms with van der Waals surface area (Å²) in [7, 11) is 0. The number of hydrogen-bond donors (Lipinski definition) is 2. The molecule has 2 saturated heterocycles. The third-order valence-electron chi connectivity index (χ3n) is 6.17. The highest BCUT2D eigenvalue weighted by Crippen LogP contribution is 2.39. The number of piperazine rings is 1. The summed E-state index contributed by atoms with van der Waals surface area (Å²) in [5.41, 5.74) is 1.50. The Morgan fingerprint density at radius 1 is 1.12 bits per heavy atom. The number of anilines is 2. The number of aromatic hydroxyl groups is 1. The molecular formula is C24H25FN4O4. The van der Waals surface area contributed by atoms with Gasteiger partial charge in [-0.05, 0) is 23.8 Å². The maximum Gasteiger partial charge on any atom is 0.221 e. The summed E-state index contributed by atoms with van der Waals surface area (Å²) in [5.74, 6) is 0.203. The van der Waals surface area contributed by atoms with Crippen LogP contribution in [0.15, 0.2) is 47.0 Å². The van der Waals surface area contributed by atoms with E-state index >= 15 is 0 Å². The van der Waals surface area contributed by atoms with E-state index in [1.165, 1.54) is 19.1 Å². The predicted octanol–water partition coefficient (Wildman–Crippen LogP) is 3.33. The fourth-order valence-electron chi connectivity index (χ4n) is 4.24. The molecule has 9 heteroatoms. The third kappa shape index (κ3) is 4.29. The Bertz CT molecular complexity index is 1170. The number of hydrogen-bond acceptors (Lipinski definition) is 7. The highest BCUT2D eigenvalue weighted by molar-refractivity contribution is 5.89. The molecule has 2 aliphatic rings. The van der Waals surface area contributed by atoms with Crippen molar-refractivity contribution in [2.75, 3.05) is 49.6 Å². The summed E-state index contributed by atoms with van der Waals surface area (Å²) in [4.78, 5) is 15.8. The SMILES string of the molecule is CC(=O)Nc1ccc(-c2cccc(-c3cc(N4CCN(C5COC5)CC4)no3)c2O)cc1F. The third-order valence-corrected chi connectivity index (χ3v) is 6.17. The molecule has 1 amide bonds. The van der Waals surface area contributed by atoms with E-state index in [2.05, 4.69) is 20.3 Å². The molecule has 2 fully saturated rings. The molecule has 3 aromatic rings. The number of halogens is 1. The highest BCUT2D eigenvalue weighted by Gasteiger charge is 2.29. The number of para-hydroxylation sites is 1. The molecule has 0 unspecified atom stereocenters. The van der Waals surface area contributed by atoms with Gasteiger partial charge in [-0.1, -0.05) is 23.4 Å². The lowest BCUT2D eigenvalue weighted by Crippen LogP contribution is -2.56. The summed E-state index contributed by atoms with van der Waals surface area (Å²) in [6, 6.07) is 11.9. The minimum Gasteiger partial charge on any atom is -0.507 e. The molecule has 33 heavy (non-hydrogen) atoms. The van der Waals surface area contributed by atoms with E-state index < -0.39 is 5.82 Å². The zero-order chi connectivity index (χ0) is 22.9. The van der Waals surface area contributed by atoms with Gasteiger partial charge in [-0.2, -0.15) is 0 Å². The van der Waals surface area contributed by atoms with Gasteiger partial charge < -0.3 is 24.6 Å². The largest absolute Gasteiger partial charge is 0.507 e. The molecule has 8 nitrogen and oxygen atoms in total. The topological polar surface area (TPSA) is 91.1 Å². The molecule has 2 aromatic carbocycles. The Labute approximate surface area is 190 Å². The number of benzene rings is 2. The van der Waals surface area contributed by atoms with Crippen molar-refractivity contribution in [2.45, 2.75) is 13.0 Å². The maximum absolute atomic E-state index is 14.4. The first-order chi connectivity index (χ1) is 16.0. The van der Waals surface area contributed by atoms with Crippen molar-refractivity contribution in [3.63, 3.8) is 0 Å². The smallest absolute Gasteiger partial charge is 0.221 e. The van der Waals surface area contributed by atoms with E-state index in [4.69, 9.17) is 9.26 Å². The molecule has 0 spiro atoms. The van der Waals surface area contributed by atoms with Gasteiger partial charge in [-0.3, -0.25) is 9.69 Å². The van der Waals surface area contributed by atoms with Crippen molar-refractivity contribution in [3.8, 4) is 28.2 Å². The lowest BCUT2D eigenvalue weighted by Gasteiger charge is -2.42. The van der Waals surface area contributed by atoms with Crippen LogP contribution in [0, 0.1) is 5.82 Å². The number of carbonyl (C=O) groups is 1. The minimum absolute atomic E-state index is 0.0262. The van der Waals surface area contributed by atoms with E-state index in [1.54, 1.807) is 24.3 Å². The van der Waals surface area contributed by atoms with Gasteiger partial charge in [0.05, 0.1) is 30.5 Å². The summed E-state index contributed by atoms with van der Waals surface area (Å²) in [5, 5.41) is 17.6. The number of ether oxygens (including phenoxy) is 1. The van der Waals surface area contributed by atoms with Gasteiger partial charge in [0.15, 0.2) is 11.6 Å². The zero-order valence-corrected chi connectivity index (χ0v) is 18.3. The van der Waals surface area contributed by atoms with E-state index in [-0.39, 0.29) is 17.3 Å². The molecule has 2 N–H and O–H groups in total. The molecule has 1 aromatic heterocycles. The van der Waals surface area contributed by atoms with Gasteiger partial charge in [0.1, 0.15) is 11.6 Å². The molecule has 5 rings (SSSR count). The lowest BCUT2D eigenvalue weighted by molar-refractivity contribution is -0.114. The number of aromatic nitrogens is 1. The van der Waals surface area contributed by atoms with Crippen LogP contribution in [0.5, 0.6) is 5.75 Å². The van der Waals surface area contributed by atoms with Crippen LogP contribution in [0.1, 0.15) is 6.92 Å². The zero-order valence-electron chi connectivity index (χ0n) is 18.3. The molecule has 0 radical (unpaired) electrons. The van der Waals surface area contributed by atoms with Gasteiger partial charge in [-0.25, -0.2) is 4.39 Å². The highest BCUT2D eigenvalue weighted by atomic mass is 19.1. The Morgan fingerprint density at radius 2 is 1.88 bits per heavy atom. The average Bonchev–Trinajstić information content (AvgIpc) is 3.24. The van der Waals surface area contributed by atoms with Crippen LogP contribution >= 0.6 is 0 Å². The molecule has 0 aliphatic carbocycles. The van der Waals surface area contributed by atoms with Gasteiger partial charge in [0.2, 0.25) is 5.91 Å². The number of rotatable bonds is 5. The van der Waals surface area contributed by atoms with Crippen LogP contribution in [-0.2, 0) is 9.53 Å². The van der Waals surface area contributed by atoms with Gasteiger partial charge >= 0.3 is 0 Å². The Kier molecular flexibility index (Phi) is 5.74. The predicted molar refractivity (Wildman–Crippen MR) is 122 cm³/mol. The number of phenols is 1. The lowest BCUT2D eigenvalue weighted by atomic mass is 9.99. The Morgan fingerprint density at radius 3 is 2.55 bits per heavy atom. The second kappa shape index (κ2) is 8.84. The van der Waals surface area contributed by atoms with Crippen molar-refractivity contribution in [1.29, 1.82) is 0 Å². The monoisotopic (exact) mass is 452 g/mol. The molecule has 0 atom stereocenters. The van der Waals surface area contributed by atoms with Gasteiger partial charge in [-0.15, -0.1) is 0 Å². The number of amides is 1. The fraction of sp³-hybridized carbons (Fsp3) is 0.333. The normalized spacial score (nSPS) is 17.1. The Hall–Kier alpha value is -3.43. The van der Waals surface area contributed by atoms with Crippen LogP contribution < -0.4 is 10.2 Å². The van der Waals surface area contributed by atoms with Crippen molar-refractivity contribution in [1.82, 2.24) is 10.1 Å². The molecule has 0 saturated carbocycles. The standard InChI is InChI=1S/C24H25FN4O4/c1-15(30)26-21-6-5-16(11-20(21)25)18-3-2-4-19(24(18)31)22-12-23(27-33-22)29-9-7-28(8-10-29)17-13-32-14-17/h2-6,11-12,17,31H,7-10,13-14H2,1H3,(H,26,30). The van der Waals surface area contributed by atoms with Crippen molar-refractivity contribution < 1.29 is 23.6 Å². The summed E-state index contributed by atoms with van der Waals surface area (Å²) < 4.78 is 25.3. The van der Waals surface area contributed by atoms with E-state index in [1.807, 2.05) is 6.07 Å². The van der Waals surface area contributed by atoms with Gasteiger partial charge in [0, 0.05) is 44.7 Å². The van der Waals surface area contributed by atoms with Crippen LogP contribution in [0.4, 0.5) is 15.9 Å². The van der Waals surface area contributed by atoms with Crippen molar-refractivity contribution in [3.05, 3.63) is 48.3 Å². The number of carbonyl (C=O) groups excluding carboxylic acids is 1. The number of nitrogens with one attached hydrogen (secondary N) is 1. The van der Waals surface area contributed by atoms with Crippen LogP contribution in [0.25, 0.3) is 22.5 Å². The van der Waals surface area contributed by atoms with E-state index in [0.29, 0.717) is 28.5 Å². The number of phenolic OH excluding ortho intramolecular Hbond substituents is 1. The van der Waals surface area contributed by atoms with Crippen molar-refractivity contribution >= 4 is 17.4 Å². The summed E-state index contributed by atoms with van der Waals surface area (Å²) in [6.07, 6.45) is 0. The second-order valence-electron chi connectivity index (χ2n) is 8.34. The Balaban J connectivity index is 1.35. The maximum atomic E-state index is 14.4. The van der Waals surface area contributed by atoms with Gasteiger partial charge in [0.25, 0.3) is 0 Å². The van der Waals surface area contributed by atoms with Crippen molar-refractivity contribution in [2.24, 2.45) is 0 Å². The first kappa shape index (κ1) is 21.4. The first-order valence-corrected chi connectivity index (χ1v) is 10.9. The molecule has 3 heterocycles. The molecular weight excluding hydrogens is 427 g/mol. The van der Waals surface area contributed by atoms with Crippen LogP contribution in [-0.4, -0.2) is 66.5 Å². The average molecular weight is 452 g/mol. The first-order valence-electron chi connectivity index (χ1n) is 10.9. The molecule has 172 valence electrons. The molecule has 2 aliphatic heterocycles. The van der Waals surface area contributed by atoms with E-state index in [0.717, 1.165) is 45.2 Å².